The minimum absolute atomic E-state index is 0.0961. The lowest BCUT2D eigenvalue weighted by molar-refractivity contribution is -0.120. The van der Waals surface area contributed by atoms with Gasteiger partial charge in [-0.25, -0.2) is 9.50 Å². The number of para-hydroxylation sites is 2. The number of rotatable bonds is 8. The second kappa shape index (κ2) is 8.92. The molecule has 3 aromatic rings. The molecule has 28 heavy (non-hydrogen) atoms. The summed E-state index contributed by atoms with van der Waals surface area (Å²) in [5, 5.41) is 7.94. The average Bonchev–Trinajstić information content (AvgIpc) is 3.12. The number of ether oxygens (including phenoxy) is 2. The highest BCUT2D eigenvalue weighted by Crippen LogP contribution is 2.25. The summed E-state index contributed by atoms with van der Waals surface area (Å²) in [6, 6.07) is 7.41. The number of thioether (sulfide) groups is 1. The standard InChI is InChI=1S/C19H23N5O3S/c1-12-14(13(2)24-18(21-12)22-19(23-24)28-4)11-17(25)20-9-10-27-16-8-6-5-7-15(16)26-3/h5-8H,9-11H2,1-4H3,(H,20,25). The molecule has 1 N–H and O–H groups in total. The van der Waals surface area contributed by atoms with Crippen LogP contribution in [0.5, 0.6) is 11.5 Å². The van der Waals surface area contributed by atoms with Gasteiger partial charge in [-0.2, -0.15) is 4.98 Å². The summed E-state index contributed by atoms with van der Waals surface area (Å²) in [4.78, 5) is 21.2. The van der Waals surface area contributed by atoms with Gasteiger partial charge in [0.25, 0.3) is 5.78 Å². The Balaban J connectivity index is 1.59. The summed E-state index contributed by atoms with van der Waals surface area (Å²) in [6.45, 7) is 4.55. The Morgan fingerprint density at radius 2 is 1.96 bits per heavy atom. The number of aromatic nitrogens is 4. The minimum atomic E-state index is -0.0961. The van der Waals surface area contributed by atoms with Gasteiger partial charge in [-0.05, 0) is 32.2 Å². The summed E-state index contributed by atoms with van der Waals surface area (Å²) < 4.78 is 12.6. The molecule has 0 radical (unpaired) electrons. The zero-order valence-corrected chi connectivity index (χ0v) is 17.2. The van der Waals surface area contributed by atoms with E-state index in [1.165, 1.54) is 11.8 Å². The number of hydrogen-bond acceptors (Lipinski definition) is 7. The number of aryl methyl sites for hydroxylation is 2. The van der Waals surface area contributed by atoms with Crippen LogP contribution in [-0.4, -0.2) is 52.0 Å². The fraction of sp³-hybridized carbons (Fsp3) is 0.368. The van der Waals surface area contributed by atoms with Crippen LogP contribution < -0.4 is 14.8 Å². The molecular weight excluding hydrogens is 378 g/mol. The van der Waals surface area contributed by atoms with Gasteiger partial charge in [0.05, 0.1) is 20.1 Å². The molecule has 0 unspecified atom stereocenters. The summed E-state index contributed by atoms with van der Waals surface area (Å²) in [7, 11) is 1.59. The fourth-order valence-corrected chi connectivity index (χ4v) is 3.18. The van der Waals surface area contributed by atoms with E-state index in [0.717, 1.165) is 17.0 Å². The Bertz CT molecular complexity index is 989. The van der Waals surface area contributed by atoms with E-state index >= 15 is 0 Å². The number of methoxy groups -OCH3 is 1. The van der Waals surface area contributed by atoms with E-state index in [-0.39, 0.29) is 12.3 Å². The van der Waals surface area contributed by atoms with E-state index in [1.807, 2.05) is 44.4 Å². The van der Waals surface area contributed by atoms with Crippen LogP contribution in [0.4, 0.5) is 0 Å². The van der Waals surface area contributed by atoms with Gasteiger partial charge in [-0.15, -0.1) is 5.10 Å². The van der Waals surface area contributed by atoms with Gasteiger partial charge in [0.1, 0.15) is 6.61 Å². The van der Waals surface area contributed by atoms with Gasteiger partial charge in [0, 0.05) is 17.0 Å². The largest absolute Gasteiger partial charge is 0.493 e. The molecule has 0 bridgehead atoms. The van der Waals surface area contributed by atoms with Crippen LogP contribution in [0.1, 0.15) is 17.0 Å². The summed E-state index contributed by atoms with van der Waals surface area (Å²) in [5.74, 6) is 1.77. The zero-order chi connectivity index (χ0) is 20.1. The maximum Gasteiger partial charge on any atom is 0.253 e. The summed E-state index contributed by atoms with van der Waals surface area (Å²) in [6.07, 6.45) is 2.14. The molecule has 148 valence electrons. The number of hydrogen-bond donors (Lipinski definition) is 1. The molecule has 9 heteroatoms. The molecule has 0 aliphatic heterocycles. The van der Waals surface area contributed by atoms with Gasteiger partial charge in [0.2, 0.25) is 11.1 Å². The maximum absolute atomic E-state index is 12.4. The Labute approximate surface area is 167 Å². The lowest BCUT2D eigenvalue weighted by Crippen LogP contribution is -2.30. The van der Waals surface area contributed by atoms with Crippen LogP contribution in [0.2, 0.25) is 0 Å². The molecule has 0 aliphatic rings. The third-order valence-electron chi connectivity index (χ3n) is 4.30. The number of amides is 1. The third-order valence-corrected chi connectivity index (χ3v) is 4.84. The Morgan fingerprint density at radius 1 is 1.21 bits per heavy atom. The average molecular weight is 401 g/mol. The van der Waals surface area contributed by atoms with Crippen LogP contribution in [0.15, 0.2) is 29.4 Å². The quantitative estimate of drug-likeness (QED) is 0.457. The molecule has 2 aromatic heterocycles. The number of nitrogens with one attached hydrogen (secondary N) is 1. The first-order chi connectivity index (χ1) is 13.5. The van der Waals surface area contributed by atoms with Gasteiger partial charge >= 0.3 is 0 Å². The van der Waals surface area contributed by atoms with E-state index in [2.05, 4.69) is 20.4 Å². The Hall–Kier alpha value is -2.81. The summed E-state index contributed by atoms with van der Waals surface area (Å²) >= 11 is 1.46. The number of benzene rings is 1. The van der Waals surface area contributed by atoms with Gasteiger partial charge in [-0.1, -0.05) is 23.9 Å². The van der Waals surface area contributed by atoms with Crippen LogP contribution in [0.25, 0.3) is 5.78 Å². The zero-order valence-electron chi connectivity index (χ0n) is 16.4. The second-order valence-electron chi connectivity index (χ2n) is 6.10. The van der Waals surface area contributed by atoms with Gasteiger partial charge < -0.3 is 14.8 Å². The van der Waals surface area contributed by atoms with Crippen molar-refractivity contribution >= 4 is 23.4 Å². The molecule has 8 nitrogen and oxygen atoms in total. The van der Waals surface area contributed by atoms with E-state index in [4.69, 9.17) is 9.47 Å². The van der Waals surface area contributed by atoms with Crippen molar-refractivity contribution in [1.82, 2.24) is 24.9 Å². The van der Waals surface area contributed by atoms with Crippen molar-refractivity contribution in [3.8, 4) is 11.5 Å². The molecule has 0 fully saturated rings. The van der Waals surface area contributed by atoms with Crippen molar-refractivity contribution < 1.29 is 14.3 Å². The van der Waals surface area contributed by atoms with Gasteiger partial charge in [0.15, 0.2) is 11.5 Å². The van der Waals surface area contributed by atoms with E-state index in [1.54, 1.807) is 11.6 Å². The predicted molar refractivity (Wildman–Crippen MR) is 107 cm³/mol. The number of fused-ring (bicyclic) bond motifs is 1. The fourth-order valence-electron chi connectivity index (χ4n) is 2.84. The molecule has 0 atom stereocenters. The van der Waals surface area contributed by atoms with Crippen LogP contribution in [-0.2, 0) is 11.2 Å². The van der Waals surface area contributed by atoms with Gasteiger partial charge in [-0.3, -0.25) is 4.79 Å². The molecule has 1 aromatic carbocycles. The lowest BCUT2D eigenvalue weighted by atomic mass is 10.1. The normalized spacial score (nSPS) is 10.9. The van der Waals surface area contributed by atoms with Crippen LogP contribution in [0, 0.1) is 13.8 Å². The smallest absolute Gasteiger partial charge is 0.253 e. The van der Waals surface area contributed by atoms with Crippen molar-refractivity contribution in [3.05, 3.63) is 41.2 Å². The highest BCUT2D eigenvalue weighted by Gasteiger charge is 2.15. The predicted octanol–water partition coefficient (Wildman–Crippen LogP) is 2.21. The molecule has 2 heterocycles. The van der Waals surface area contributed by atoms with Crippen molar-refractivity contribution in [2.45, 2.75) is 25.4 Å². The third kappa shape index (κ3) is 4.36. The lowest BCUT2D eigenvalue weighted by Gasteiger charge is -2.12. The first kappa shape index (κ1) is 19.9. The van der Waals surface area contributed by atoms with Crippen LogP contribution in [0.3, 0.4) is 0 Å². The monoisotopic (exact) mass is 401 g/mol. The molecule has 0 saturated carbocycles. The first-order valence-corrected chi connectivity index (χ1v) is 10.0. The molecular formula is C19H23N5O3S. The number of nitrogens with zero attached hydrogens (tertiary/aromatic N) is 4. The molecule has 0 aliphatic carbocycles. The molecule has 3 rings (SSSR count). The Kier molecular flexibility index (Phi) is 6.35. The molecule has 1 amide bonds. The second-order valence-corrected chi connectivity index (χ2v) is 6.87. The van der Waals surface area contributed by atoms with Crippen LogP contribution >= 0.6 is 11.8 Å². The number of carbonyl (C=O) groups is 1. The first-order valence-electron chi connectivity index (χ1n) is 8.82. The van der Waals surface area contributed by atoms with Crippen molar-refractivity contribution in [2.75, 3.05) is 26.5 Å². The van der Waals surface area contributed by atoms with Crippen molar-refractivity contribution in [3.63, 3.8) is 0 Å². The number of carbonyl (C=O) groups excluding carboxylic acids is 1. The molecule has 0 spiro atoms. The SMILES string of the molecule is COc1ccccc1OCCNC(=O)Cc1c(C)nc2nc(SC)nn2c1C. The van der Waals surface area contributed by atoms with Crippen molar-refractivity contribution in [2.24, 2.45) is 0 Å². The summed E-state index contributed by atoms with van der Waals surface area (Å²) in [5.41, 5.74) is 2.51. The van der Waals surface area contributed by atoms with Crippen molar-refractivity contribution in [1.29, 1.82) is 0 Å². The highest BCUT2D eigenvalue weighted by atomic mass is 32.2. The topological polar surface area (TPSA) is 90.6 Å². The highest BCUT2D eigenvalue weighted by molar-refractivity contribution is 7.98. The van der Waals surface area contributed by atoms with E-state index in [9.17, 15) is 4.79 Å². The van der Waals surface area contributed by atoms with E-state index < -0.39 is 0 Å². The van der Waals surface area contributed by atoms with E-state index in [0.29, 0.717) is 35.6 Å². The maximum atomic E-state index is 12.4. The minimum Gasteiger partial charge on any atom is -0.493 e. The Morgan fingerprint density at radius 3 is 2.68 bits per heavy atom. The molecule has 0 saturated heterocycles.